The van der Waals surface area contributed by atoms with Gasteiger partial charge >= 0.3 is 0 Å². The maximum absolute atomic E-state index is 12.8. The summed E-state index contributed by atoms with van der Waals surface area (Å²) in [7, 11) is 3.34. The Bertz CT molecular complexity index is 1090. The van der Waals surface area contributed by atoms with E-state index in [0.29, 0.717) is 17.0 Å². The quantitative estimate of drug-likeness (QED) is 0.664. The van der Waals surface area contributed by atoms with E-state index >= 15 is 0 Å². The second kappa shape index (κ2) is 8.75. The van der Waals surface area contributed by atoms with Crippen molar-refractivity contribution in [1.82, 2.24) is 20.2 Å². The molecule has 7 heteroatoms. The summed E-state index contributed by atoms with van der Waals surface area (Å²) in [5.41, 5.74) is 4.48. The molecule has 1 unspecified atom stereocenters. The number of hydrogen-bond acceptors (Lipinski definition) is 5. The molecule has 6 nitrogen and oxygen atoms in total. The van der Waals surface area contributed by atoms with Crippen LogP contribution in [-0.4, -0.2) is 40.8 Å². The molecule has 0 aliphatic rings. The van der Waals surface area contributed by atoms with Crippen molar-refractivity contribution in [2.75, 3.05) is 14.1 Å². The maximum Gasteiger partial charge on any atom is 0.271 e. The maximum atomic E-state index is 12.8. The predicted octanol–water partition coefficient (Wildman–Crippen LogP) is 4.32. The summed E-state index contributed by atoms with van der Waals surface area (Å²) in [4.78, 5) is 36.4. The van der Waals surface area contributed by atoms with Crippen LogP contribution in [0.2, 0.25) is 0 Å². The average Bonchev–Trinajstić information content (AvgIpc) is 3.09. The molecule has 2 amide bonds. The fourth-order valence-electron chi connectivity index (χ4n) is 3.12. The highest BCUT2D eigenvalue weighted by Crippen LogP contribution is 2.32. The summed E-state index contributed by atoms with van der Waals surface area (Å²) in [6.45, 7) is 7.70. The number of hydrogen-bond donors (Lipinski definition) is 1. The Morgan fingerprint density at radius 1 is 0.967 bits per heavy atom. The second-order valence-electron chi connectivity index (χ2n) is 7.56. The predicted molar refractivity (Wildman–Crippen MR) is 120 cm³/mol. The smallest absolute Gasteiger partial charge is 0.271 e. The number of nitrogens with zero attached hydrogens (tertiary/aromatic N) is 3. The Hall–Kier alpha value is -3.06. The molecule has 30 heavy (non-hydrogen) atoms. The van der Waals surface area contributed by atoms with Gasteiger partial charge in [-0.05, 0) is 39.8 Å². The summed E-state index contributed by atoms with van der Waals surface area (Å²) in [6.07, 6.45) is 0. The Labute approximate surface area is 181 Å². The molecule has 0 saturated heterocycles. The molecule has 0 radical (unpaired) electrons. The van der Waals surface area contributed by atoms with Crippen LogP contribution in [0.3, 0.4) is 0 Å². The van der Waals surface area contributed by atoms with Crippen LogP contribution in [-0.2, 0) is 0 Å². The van der Waals surface area contributed by atoms with Crippen molar-refractivity contribution in [2.45, 2.75) is 33.7 Å². The van der Waals surface area contributed by atoms with Crippen LogP contribution in [0.25, 0.3) is 10.6 Å². The van der Waals surface area contributed by atoms with Crippen molar-refractivity contribution in [3.8, 4) is 10.6 Å². The number of amides is 2. The first kappa shape index (κ1) is 21.6. The number of thiazole rings is 1. The SMILES string of the molecule is Cc1ccc(-c2nc(C)c(C(C)NC(=O)c3ccc(C(=O)N(C)C)nc3C)s2)cc1. The third-order valence-electron chi connectivity index (χ3n) is 4.83. The first-order chi connectivity index (χ1) is 14.2. The van der Waals surface area contributed by atoms with Crippen LogP contribution in [0.5, 0.6) is 0 Å². The van der Waals surface area contributed by atoms with Gasteiger partial charge in [0, 0.05) is 19.7 Å². The Morgan fingerprint density at radius 2 is 1.63 bits per heavy atom. The first-order valence-corrected chi connectivity index (χ1v) is 10.5. The normalized spacial score (nSPS) is 11.8. The molecular weight excluding hydrogens is 396 g/mol. The fourth-order valence-corrected chi connectivity index (χ4v) is 4.19. The minimum Gasteiger partial charge on any atom is -0.345 e. The molecule has 3 aromatic rings. The number of pyridine rings is 1. The van der Waals surface area contributed by atoms with Gasteiger partial charge in [0.15, 0.2) is 0 Å². The largest absolute Gasteiger partial charge is 0.345 e. The van der Waals surface area contributed by atoms with E-state index in [4.69, 9.17) is 0 Å². The van der Waals surface area contributed by atoms with Gasteiger partial charge in [-0.25, -0.2) is 9.97 Å². The topological polar surface area (TPSA) is 75.2 Å². The highest BCUT2D eigenvalue weighted by molar-refractivity contribution is 7.15. The lowest BCUT2D eigenvalue weighted by Crippen LogP contribution is -2.28. The molecule has 0 fully saturated rings. The second-order valence-corrected chi connectivity index (χ2v) is 8.59. The molecule has 1 atom stereocenters. The van der Waals surface area contributed by atoms with Gasteiger partial charge in [-0.3, -0.25) is 9.59 Å². The number of nitrogens with one attached hydrogen (secondary N) is 1. The van der Waals surface area contributed by atoms with Crippen molar-refractivity contribution >= 4 is 23.2 Å². The molecule has 1 aromatic carbocycles. The van der Waals surface area contributed by atoms with E-state index in [1.807, 2.05) is 13.8 Å². The third-order valence-corrected chi connectivity index (χ3v) is 6.22. The summed E-state index contributed by atoms with van der Waals surface area (Å²) < 4.78 is 0. The standard InChI is InChI=1S/C23H26N4O2S/c1-13-7-9-17(10-8-13)22-26-16(4)20(30-22)15(3)25-21(28)18-11-12-19(24-14(18)2)23(29)27(5)6/h7-12,15H,1-6H3,(H,25,28). The molecule has 0 aliphatic heterocycles. The summed E-state index contributed by atoms with van der Waals surface area (Å²) in [5, 5.41) is 3.97. The summed E-state index contributed by atoms with van der Waals surface area (Å²) in [5.74, 6) is -0.414. The van der Waals surface area contributed by atoms with E-state index < -0.39 is 0 Å². The lowest BCUT2D eigenvalue weighted by atomic mass is 10.1. The van der Waals surface area contributed by atoms with Crippen molar-refractivity contribution in [3.05, 3.63) is 69.5 Å². The lowest BCUT2D eigenvalue weighted by molar-refractivity contribution is 0.0820. The molecule has 0 saturated carbocycles. The number of aryl methyl sites for hydroxylation is 3. The number of carbonyl (C=O) groups is 2. The van der Waals surface area contributed by atoms with Gasteiger partial charge in [0.1, 0.15) is 10.7 Å². The minimum atomic E-state index is -0.221. The minimum absolute atomic E-state index is 0.192. The Morgan fingerprint density at radius 3 is 2.23 bits per heavy atom. The number of aromatic nitrogens is 2. The number of benzene rings is 1. The summed E-state index contributed by atoms with van der Waals surface area (Å²) >= 11 is 1.59. The van der Waals surface area contributed by atoms with Crippen molar-refractivity contribution in [1.29, 1.82) is 0 Å². The molecule has 3 rings (SSSR count). The van der Waals surface area contributed by atoms with Crippen LogP contribution >= 0.6 is 11.3 Å². The van der Waals surface area contributed by atoms with Gasteiger partial charge in [0.25, 0.3) is 11.8 Å². The van der Waals surface area contributed by atoms with Gasteiger partial charge in [-0.1, -0.05) is 29.8 Å². The van der Waals surface area contributed by atoms with Crippen molar-refractivity contribution < 1.29 is 9.59 Å². The molecule has 0 spiro atoms. The van der Waals surface area contributed by atoms with E-state index in [1.54, 1.807) is 44.5 Å². The first-order valence-electron chi connectivity index (χ1n) is 9.72. The summed E-state index contributed by atoms with van der Waals surface area (Å²) in [6, 6.07) is 11.3. The zero-order valence-electron chi connectivity index (χ0n) is 18.1. The monoisotopic (exact) mass is 422 g/mol. The highest BCUT2D eigenvalue weighted by Gasteiger charge is 2.20. The molecule has 0 aliphatic carbocycles. The molecule has 156 valence electrons. The van der Waals surface area contributed by atoms with Gasteiger partial charge in [-0.2, -0.15) is 0 Å². The Kier molecular flexibility index (Phi) is 6.31. The average molecular weight is 423 g/mol. The Balaban J connectivity index is 1.77. The molecular formula is C23H26N4O2S. The molecule has 1 N–H and O–H groups in total. The molecule has 2 heterocycles. The van der Waals surface area contributed by atoms with E-state index in [9.17, 15) is 9.59 Å². The molecule has 2 aromatic heterocycles. The van der Waals surface area contributed by atoms with Crippen molar-refractivity contribution in [2.24, 2.45) is 0 Å². The van der Waals surface area contributed by atoms with Gasteiger partial charge < -0.3 is 10.2 Å². The number of carbonyl (C=O) groups excluding carboxylic acids is 2. The van der Waals surface area contributed by atoms with Gasteiger partial charge in [0.05, 0.1) is 27.9 Å². The van der Waals surface area contributed by atoms with Crippen LogP contribution in [0.1, 0.15) is 55.6 Å². The van der Waals surface area contributed by atoms with Crippen LogP contribution in [0.4, 0.5) is 0 Å². The van der Waals surface area contributed by atoms with Crippen LogP contribution in [0.15, 0.2) is 36.4 Å². The highest BCUT2D eigenvalue weighted by atomic mass is 32.1. The van der Waals surface area contributed by atoms with Gasteiger partial charge in [0.2, 0.25) is 0 Å². The van der Waals surface area contributed by atoms with E-state index in [0.717, 1.165) is 21.1 Å². The number of rotatable bonds is 5. The van der Waals surface area contributed by atoms with E-state index in [-0.39, 0.29) is 17.9 Å². The van der Waals surface area contributed by atoms with Crippen LogP contribution in [0, 0.1) is 20.8 Å². The van der Waals surface area contributed by atoms with Gasteiger partial charge in [-0.15, -0.1) is 11.3 Å². The lowest BCUT2D eigenvalue weighted by Gasteiger charge is -2.15. The van der Waals surface area contributed by atoms with E-state index in [2.05, 4.69) is 46.5 Å². The van der Waals surface area contributed by atoms with Crippen molar-refractivity contribution in [3.63, 3.8) is 0 Å². The fraction of sp³-hybridized carbons (Fsp3) is 0.304. The zero-order valence-corrected chi connectivity index (χ0v) is 18.9. The molecule has 0 bridgehead atoms. The van der Waals surface area contributed by atoms with E-state index in [1.165, 1.54) is 10.5 Å². The third kappa shape index (κ3) is 4.57. The van der Waals surface area contributed by atoms with Crippen LogP contribution < -0.4 is 5.32 Å². The zero-order chi connectivity index (χ0) is 22.0.